The van der Waals surface area contributed by atoms with Gasteiger partial charge in [0.05, 0.1) is 7.11 Å². The third kappa shape index (κ3) is 5.17. The summed E-state index contributed by atoms with van der Waals surface area (Å²) < 4.78 is 9.99. The molecule has 1 atom stereocenters. The molecule has 6 nitrogen and oxygen atoms in total. The van der Waals surface area contributed by atoms with E-state index >= 15 is 0 Å². The first-order valence-electron chi connectivity index (χ1n) is 7.71. The Bertz CT molecular complexity index is 740. The Labute approximate surface area is 145 Å². The highest BCUT2D eigenvalue weighted by atomic mass is 16.5. The molecular weight excluding hydrogens is 322 g/mol. The SMILES string of the molecule is COc1ccc(C(=O)COC(=O)C(C)NC(=O)c2ccccc2)cc1. The Morgan fingerprint density at radius 2 is 1.60 bits per heavy atom. The van der Waals surface area contributed by atoms with Crippen LogP contribution in [0.15, 0.2) is 54.6 Å². The minimum atomic E-state index is -0.864. The van der Waals surface area contributed by atoms with E-state index in [1.54, 1.807) is 54.6 Å². The third-order valence-corrected chi connectivity index (χ3v) is 3.49. The number of carbonyl (C=O) groups is 3. The van der Waals surface area contributed by atoms with Gasteiger partial charge in [0.2, 0.25) is 0 Å². The average Bonchev–Trinajstić information content (AvgIpc) is 2.66. The van der Waals surface area contributed by atoms with E-state index in [-0.39, 0.29) is 11.7 Å². The maximum atomic E-state index is 12.0. The molecule has 0 heterocycles. The molecule has 0 bridgehead atoms. The van der Waals surface area contributed by atoms with Crippen molar-refractivity contribution in [2.75, 3.05) is 13.7 Å². The number of rotatable bonds is 7. The molecule has 0 spiro atoms. The van der Waals surface area contributed by atoms with Crippen LogP contribution in [0.25, 0.3) is 0 Å². The molecule has 0 saturated carbocycles. The molecule has 0 aromatic heterocycles. The summed E-state index contributed by atoms with van der Waals surface area (Å²) in [6, 6.07) is 14.1. The van der Waals surface area contributed by atoms with Gasteiger partial charge in [-0.3, -0.25) is 9.59 Å². The molecule has 0 fully saturated rings. The first-order chi connectivity index (χ1) is 12.0. The van der Waals surface area contributed by atoms with Gasteiger partial charge in [0, 0.05) is 11.1 Å². The monoisotopic (exact) mass is 341 g/mol. The standard InChI is InChI=1S/C19H19NO5/c1-13(20-18(22)15-6-4-3-5-7-15)19(23)25-12-17(21)14-8-10-16(24-2)11-9-14/h3-11,13H,12H2,1-2H3,(H,20,22). The summed E-state index contributed by atoms with van der Waals surface area (Å²) in [5.41, 5.74) is 0.853. The second-order valence-electron chi connectivity index (χ2n) is 5.32. The number of amides is 1. The number of benzene rings is 2. The molecule has 0 aliphatic heterocycles. The number of esters is 1. The summed E-state index contributed by atoms with van der Waals surface area (Å²) in [7, 11) is 1.53. The lowest BCUT2D eigenvalue weighted by atomic mass is 10.1. The third-order valence-electron chi connectivity index (χ3n) is 3.49. The van der Waals surface area contributed by atoms with E-state index in [0.29, 0.717) is 16.9 Å². The maximum absolute atomic E-state index is 12.0. The van der Waals surface area contributed by atoms with Crippen molar-refractivity contribution in [3.8, 4) is 5.75 Å². The van der Waals surface area contributed by atoms with Crippen molar-refractivity contribution in [1.29, 1.82) is 0 Å². The van der Waals surface area contributed by atoms with Crippen LogP contribution in [-0.2, 0) is 9.53 Å². The summed E-state index contributed by atoms with van der Waals surface area (Å²) in [6.07, 6.45) is 0. The number of hydrogen-bond acceptors (Lipinski definition) is 5. The van der Waals surface area contributed by atoms with E-state index < -0.39 is 18.6 Å². The smallest absolute Gasteiger partial charge is 0.328 e. The highest BCUT2D eigenvalue weighted by Gasteiger charge is 2.19. The molecule has 6 heteroatoms. The zero-order chi connectivity index (χ0) is 18.2. The van der Waals surface area contributed by atoms with Crippen molar-refractivity contribution in [2.45, 2.75) is 13.0 Å². The van der Waals surface area contributed by atoms with Gasteiger partial charge >= 0.3 is 5.97 Å². The highest BCUT2D eigenvalue weighted by Crippen LogP contribution is 2.12. The largest absolute Gasteiger partial charge is 0.497 e. The van der Waals surface area contributed by atoms with Gasteiger partial charge in [0.1, 0.15) is 11.8 Å². The van der Waals surface area contributed by atoms with Crippen LogP contribution in [0.4, 0.5) is 0 Å². The Morgan fingerprint density at radius 3 is 2.20 bits per heavy atom. The molecule has 130 valence electrons. The van der Waals surface area contributed by atoms with Crippen LogP contribution in [-0.4, -0.2) is 37.4 Å². The Kier molecular flexibility index (Phi) is 6.28. The number of hydrogen-bond donors (Lipinski definition) is 1. The molecule has 0 saturated heterocycles. The molecule has 1 amide bonds. The Balaban J connectivity index is 1.84. The summed E-state index contributed by atoms with van der Waals surface area (Å²) >= 11 is 0. The van der Waals surface area contributed by atoms with E-state index in [2.05, 4.69) is 5.32 Å². The van der Waals surface area contributed by atoms with E-state index in [1.807, 2.05) is 0 Å². The van der Waals surface area contributed by atoms with Gasteiger partial charge in [0.15, 0.2) is 12.4 Å². The minimum absolute atomic E-state index is 0.336. The first kappa shape index (κ1) is 18.2. The molecule has 2 rings (SSSR count). The number of carbonyl (C=O) groups excluding carboxylic acids is 3. The van der Waals surface area contributed by atoms with Crippen LogP contribution >= 0.6 is 0 Å². The summed E-state index contributed by atoms with van der Waals surface area (Å²) in [6.45, 7) is 1.11. The predicted octanol–water partition coefficient (Wildman–Crippen LogP) is 2.24. The fraction of sp³-hybridized carbons (Fsp3) is 0.211. The Hall–Kier alpha value is -3.15. The number of ketones is 1. The lowest BCUT2D eigenvalue weighted by molar-refractivity contribution is -0.144. The van der Waals surface area contributed by atoms with Crippen LogP contribution in [0.1, 0.15) is 27.6 Å². The summed E-state index contributed by atoms with van der Waals surface area (Å²) in [5, 5.41) is 2.53. The van der Waals surface area contributed by atoms with Crippen LogP contribution < -0.4 is 10.1 Å². The molecule has 1 N–H and O–H groups in total. The van der Waals surface area contributed by atoms with E-state index in [1.165, 1.54) is 14.0 Å². The zero-order valence-electron chi connectivity index (χ0n) is 14.0. The van der Waals surface area contributed by atoms with Crippen LogP contribution in [0.2, 0.25) is 0 Å². The number of methoxy groups -OCH3 is 1. The van der Waals surface area contributed by atoms with Crippen molar-refractivity contribution in [3.63, 3.8) is 0 Å². The van der Waals surface area contributed by atoms with Gasteiger partial charge in [-0.05, 0) is 43.3 Å². The number of nitrogens with one attached hydrogen (secondary N) is 1. The lowest BCUT2D eigenvalue weighted by Gasteiger charge is -2.13. The molecule has 25 heavy (non-hydrogen) atoms. The van der Waals surface area contributed by atoms with Crippen molar-refractivity contribution >= 4 is 17.7 Å². The zero-order valence-corrected chi connectivity index (χ0v) is 14.0. The molecule has 0 aliphatic carbocycles. The summed E-state index contributed by atoms with van der Waals surface area (Å²) in [5.74, 6) is -0.763. The molecule has 0 radical (unpaired) electrons. The number of ether oxygens (including phenoxy) is 2. The highest BCUT2D eigenvalue weighted by molar-refractivity contribution is 5.99. The molecule has 0 aliphatic rings. The fourth-order valence-corrected chi connectivity index (χ4v) is 2.05. The van der Waals surface area contributed by atoms with E-state index in [0.717, 1.165) is 0 Å². The average molecular weight is 341 g/mol. The second kappa shape index (κ2) is 8.63. The van der Waals surface area contributed by atoms with Crippen molar-refractivity contribution in [3.05, 3.63) is 65.7 Å². The van der Waals surface area contributed by atoms with Crippen LogP contribution in [0, 0.1) is 0 Å². The minimum Gasteiger partial charge on any atom is -0.497 e. The van der Waals surface area contributed by atoms with Gasteiger partial charge in [-0.1, -0.05) is 18.2 Å². The Morgan fingerprint density at radius 1 is 0.960 bits per heavy atom. The quantitative estimate of drug-likeness (QED) is 0.617. The van der Waals surface area contributed by atoms with Gasteiger partial charge in [-0.15, -0.1) is 0 Å². The van der Waals surface area contributed by atoms with Crippen molar-refractivity contribution in [1.82, 2.24) is 5.32 Å². The van der Waals surface area contributed by atoms with Crippen molar-refractivity contribution < 1.29 is 23.9 Å². The van der Waals surface area contributed by atoms with Gasteiger partial charge in [0.25, 0.3) is 5.91 Å². The van der Waals surface area contributed by atoms with Gasteiger partial charge < -0.3 is 14.8 Å². The van der Waals surface area contributed by atoms with Gasteiger partial charge in [-0.2, -0.15) is 0 Å². The van der Waals surface area contributed by atoms with Gasteiger partial charge in [-0.25, -0.2) is 4.79 Å². The molecule has 1 unspecified atom stereocenters. The molecule has 2 aromatic rings. The predicted molar refractivity (Wildman–Crippen MR) is 91.7 cm³/mol. The second-order valence-corrected chi connectivity index (χ2v) is 5.32. The van der Waals surface area contributed by atoms with E-state index in [4.69, 9.17) is 9.47 Å². The van der Waals surface area contributed by atoms with E-state index in [9.17, 15) is 14.4 Å². The molecular formula is C19H19NO5. The number of Topliss-reactive ketones (excluding diaryl/α,β-unsaturated/α-hetero) is 1. The summed E-state index contributed by atoms with van der Waals surface area (Å²) in [4.78, 5) is 35.9. The van der Waals surface area contributed by atoms with Crippen LogP contribution in [0.3, 0.4) is 0 Å². The maximum Gasteiger partial charge on any atom is 0.328 e. The normalized spacial score (nSPS) is 11.3. The first-order valence-corrected chi connectivity index (χ1v) is 7.71. The fourth-order valence-electron chi connectivity index (χ4n) is 2.05. The van der Waals surface area contributed by atoms with Crippen molar-refractivity contribution in [2.24, 2.45) is 0 Å². The topological polar surface area (TPSA) is 81.7 Å². The van der Waals surface area contributed by atoms with Crippen LogP contribution in [0.5, 0.6) is 5.75 Å². The molecule has 2 aromatic carbocycles. The lowest BCUT2D eigenvalue weighted by Crippen LogP contribution is -2.40.